The van der Waals surface area contributed by atoms with Crippen molar-refractivity contribution in [2.75, 3.05) is 31.9 Å². The lowest BCUT2D eigenvalue weighted by atomic mass is 9.94. The number of nitrogens with zero attached hydrogens (tertiary/aromatic N) is 2. The van der Waals surface area contributed by atoms with E-state index in [4.69, 9.17) is 24.2 Å². The molecule has 0 unspecified atom stereocenters. The van der Waals surface area contributed by atoms with Crippen LogP contribution >= 0.6 is 0 Å². The number of aliphatic hydroxyl groups excluding tert-OH is 3. The quantitative estimate of drug-likeness (QED) is 0.376. The molecule has 1 aromatic heterocycles. The largest absolute Gasteiger partial charge is 0.394 e. The average Bonchev–Trinajstić information content (AvgIpc) is 3.01. The number of hydrogen-bond acceptors (Lipinski definition) is 11. The summed E-state index contributed by atoms with van der Waals surface area (Å²) in [5.74, 6) is -0.679. The molecule has 0 saturated carbocycles. The number of carbonyl (C=O) groups excluding carboxylic acids is 1. The van der Waals surface area contributed by atoms with Gasteiger partial charge >= 0.3 is 11.7 Å². The Kier molecular flexibility index (Phi) is 6.82. The molecule has 3 heterocycles. The van der Waals surface area contributed by atoms with Gasteiger partial charge in [0.1, 0.15) is 18.3 Å². The van der Waals surface area contributed by atoms with E-state index in [1.54, 1.807) is 6.92 Å². The van der Waals surface area contributed by atoms with E-state index in [1.165, 1.54) is 12.3 Å². The van der Waals surface area contributed by atoms with Crippen molar-refractivity contribution in [2.45, 2.75) is 49.9 Å². The summed E-state index contributed by atoms with van der Waals surface area (Å²) in [4.78, 5) is 33.6. The fraction of sp³-hybridized carbons (Fsp3) is 0.706. The highest BCUT2D eigenvalue weighted by Gasteiger charge is 2.44. The third kappa shape index (κ3) is 4.42. The molecule has 2 fully saturated rings. The van der Waals surface area contributed by atoms with Gasteiger partial charge in [-0.05, 0) is 6.92 Å². The summed E-state index contributed by atoms with van der Waals surface area (Å²) in [5, 5.41) is 29.0. The highest BCUT2D eigenvalue weighted by atomic mass is 16.7. The predicted molar refractivity (Wildman–Crippen MR) is 95.6 cm³/mol. The maximum absolute atomic E-state index is 12.5. The minimum absolute atomic E-state index is 0.0370. The summed E-state index contributed by atoms with van der Waals surface area (Å²) < 4.78 is 17.1. The zero-order valence-corrected chi connectivity index (χ0v) is 15.9. The molecule has 2 aliphatic rings. The number of aliphatic hydroxyl groups is 3. The molecule has 0 radical (unpaired) electrons. The smallest absolute Gasteiger partial charge is 0.363 e. The van der Waals surface area contributed by atoms with E-state index in [2.05, 4.69) is 10.5 Å². The van der Waals surface area contributed by atoms with Gasteiger partial charge in [-0.2, -0.15) is 4.98 Å². The zero-order valence-electron chi connectivity index (χ0n) is 15.9. The second kappa shape index (κ2) is 9.15. The average molecular weight is 415 g/mol. The van der Waals surface area contributed by atoms with Crippen LogP contribution < -0.4 is 11.2 Å². The molecule has 0 spiro atoms. The normalized spacial score (nSPS) is 28.8. The molecule has 4 N–H and O–H groups in total. The summed E-state index contributed by atoms with van der Waals surface area (Å²) >= 11 is 0. The van der Waals surface area contributed by atoms with Gasteiger partial charge in [-0.25, -0.2) is 15.1 Å². The molecule has 12 nitrogen and oxygen atoms in total. The van der Waals surface area contributed by atoms with Crippen LogP contribution in [-0.4, -0.2) is 81.2 Å². The molecule has 3 rings (SSSR count). The molecule has 0 bridgehead atoms. The fourth-order valence-electron chi connectivity index (χ4n) is 3.35. The van der Waals surface area contributed by atoms with Crippen LogP contribution in [-0.2, 0) is 23.8 Å². The van der Waals surface area contributed by atoms with Crippen LogP contribution in [0.2, 0.25) is 0 Å². The van der Waals surface area contributed by atoms with Gasteiger partial charge in [-0.3, -0.25) is 4.57 Å². The van der Waals surface area contributed by atoms with Crippen molar-refractivity contribution in [3.05, 3.63) is 22.7 Å². The predicted octanol–water partition coefficient (Wildman–Crippen LogP) is -1.69. The van der Waals surface area contributed by atoms with Gasteiger partial charge in [-0.15, -0.1) is 0 Å². The van der Waals surface area contributed by atoms with Crippen molar-refractivity contribution in [2.24, 2.45) is 0 Å². The molecule has 0 amide bonds. The van der Waals surface area contributed by atoms with Gasteiger partial charge in [0.2, 0.25) is 0 Å². The standard InChI is InChI=1S/C17H25N3O9/c1-2-27-17(4-7-26-8-5-17)15(24)29-19-11-3-6-20(16(25)18-11)14-13(23)12(22)10(9-21)28-14/h3,6,10,12-14,21-23H,2,4-5,7-9H2,1H3,(H,18,19,25)/t10-,12-,13-,14-/m1/s1. The van der Waals surface area contributed by atoms with Gasteiger partial charge in [0.15, 0.2) is 17.6 Å². The lowest BCUT2D eigenvalue weighted by Crippen LogP contribution is -2.48. The molecule has 162 valence electrons. The SMILES string of the molecule is CCOC1(C(=O)ONc2ccn([C@@H]3O[C@H](CO)[C@@H](O)[C@H]3O)c(=O)n2)CCOCC1. The number of nitrogens with one attached hydrogen (secondary N) is 1. The van der Waals surface area contributed by atoms with Crippen molar-refractivity contribution >= 4 is 11.8 Å². The number of anilines is 1. The number of ether oxygens (including phenoxy) is 3. The highest BCUT2D eigenvalue weighted by molar-refractivity contribution is 5.80. The Bertz CT molecular complexity index is 759. The van der Waals surface area contributed by atoms with E-state index in [-0.39, 0.29) is 5.82 Å². The number of aromatic nitrogens is 2. The lowest BCUT2D eigenvalue weighted by Gasteiger charge is -2.33. The van der Waals surface area contributed by atoms with Crippen LogP contribution in [0.1, 0.15) is 26.0 Å². The van der Waals surface area contributed by atoms with Crippen molar-refractivity contribution < 1.29 is 39.2 Å². The van der Waals surface area contributed by atoms with Crippen LogP contribution in [0.25, 0.3) is 0 Å². The van der Waals surface area contributed by atoms with E-state index in [0.29, 0.717) is 32.7 Å². The third-order valence-corrected chi connectivity index (χ3v) is 4.96. The van der Waals surface area contributed by atoms with Gasteiger partial charge in [0.25, 0.3) is 0 Å². The third-order valence-electron chi connectivity index (χ3n) is 4.96. The summed E-state index contributed by atoms with van der Waals surface area (Å²) in [5.41, 5.74) is 0.404. The minimum atomic E-state index is -1.41. The number of carbonyl (C=O) groups is 1. The topological polar surface area (TPSA) is 162 Å². The molecule has 1 aromatic rings. The molecule has 0 aromatic carbocycles. The van der Waals surface area contributed by atoms with Crippen molar-refractivity contribution in [1.82, 2.24) is 9.55 Å². The molecular formula is C17H25N3O9. The van der Waals surface area contributed by atoms with Crippen LogP contribution in [0, 0.1) is 0 Å². The first-order valence-electron chi connectivity index (χ1n) is 9.32. The molecule has 0 aliphatic carbocycles. The van der Waals surface area contributed by atoms with Gasteiger partial charge in [0.05, 0.1) is 6.61 Å². The van der Waals surface area contributed by atoms with Crippen LogP contribution in [0.5, 0.6) is 0 Å². The molecule has 2 aliphatic heterocycles. The number of rotatable bonds is 7. The molecule has 2 saturated heterocycles. The second-order valence-corrected chi connectivity index (χ2v) is 6.76. The van der Waals surface area contributed by atoms with E-state index in [0.717, 1.165) is 4.57 Å². The van der Waals surface area contributed by atoms with Crippen LogP contribution in [0.4, 0.5) is 5.82 Å². The first-order valence-corrected chi connectivity index (χ1v) is 9.32. The van der Waals surface area contributed by atoms with Gasteiger partial charge in [0, 0.05) is 44.9 Å². The van der Waals surface area contributed by atoms with E-state index < -0.39 is 48.4 Å². The fourth-order valence-corrected chi connectivity index (χ4v) is 3.35. The minimum Gasteiger partial charge on any atom is -0.394 e. The van der Waals surface area contributed by atoms with E-state index in [9.17, 15) is 19.8 Å². The van der Waals surface area contributed by atoms with E-state index >= 15 is 0 Å². The Labute approximate surface area is 165 Å². The van der Waals surface area contributed by atoms with E-state index in [1.807, 2.05) is 0 Å². The Morgan fingerprint density at radius 1 is 1.38 bits per heavy atom. The second-order valence-electron chi connectivity index (χ2n) is 6.76. The first kappa shape index (κ1) is 21.6. The highest BCUT2D eigenvalue weighted by Crippen LogP contribution is 2.29. The molecule has 4 atom stereocenters. The monoisotopic (exact) mass is 415 g/mol. The van der Waals surface area contributed by atoms with Gasteiger partial charge < -0.3 is 34.4 Å². The summed E-state index contributed by atoms with van der Waals surface area (Å²) in [6.45, 7) is 2.32. The summed E-state index contributed by atoms with van der Waals surface area (Å²) in [6.07, 6.45) is -3.02. The van der Waals surface area contributed by atoms with Crippen LogP contribution in [0.3, 0.4) is 0 Å². The Hall–Kier alpha value is -2.09. The van der Waals surface area contributed by atoms with Crippen molar-refractivity contribution in [1.29, 1.82) is 0 Å². The first-order chi connectivity index (χ1) is 13.9. The van der Waals surface area contributed by atoms with Gasteiger partial charge in [-0.1, -0.05) is 0 Å². The molecule has 12 heteroatoms. The van der Waals surface area contributed by atoms with Crippen molar-refractivity contribution in [3.63, 3.8) is 0 Å². The Morgan fingerprint density at radius 3 is 2.69 bits per heavy atom. The Balaban J connectivity index is 1.66. The number of hydrogen-bond donors (Lipinski definition) is 4. The zero-order chi connectivity index (χ0) is 21.0. The van der Waals surface area contributed by atoms with Crippen molar-refractivity contribution in [3.8, 4) is 0 Å². The maximum atomic E-state index is 12.5. The van der Waals surface area contributed by atoms with Crippen LogP contribution in [0.15, 0.2) is 17.1 Å². The summed E-state index contributed by atoms with van der Waals surface area (Å²) in [7, 11) is 0. The molecule has 29 heavy (non-hydrogen) atoms. The Morgan fingerprint density at radius 2 is 2.10 bits per heavy atom. The molecular weight excluding hydrogens is 390 g/mol. The lowest BCUT2D eigenvalue weighted by molar-refractivity contribution is -0.181. The maximum Gasteiger partial charge on any atom is 0.363 e. The summed E-state index contributed by atoms with van der Waals surface area (Å²) in [6, 6.07) is 1.33.